The molecule has 0 amide bonds. The van der Waals surface area contributed by atoms with Crippen molar-refractivity contribution in [3.05, 3.63) is 0 Å². The summed E-state index contributed by atoms with van der Waals surface area (Å²) in [4.78, 5) is 0. The molecule has 0 spiro atoms. The van der Waals surface area contributed by atoms with Crippen LogP contribution in [0, 0.1) is 5.41 Å². The van der Waals surface area contributed by atoms with Crippen LogP contribution in [0.15, 0.2) is 0 Å². The summed E-state index contributed by atoms with van der Waals surface area (Å²) in [7, 11) is 1.89. The van der Waals surface area contributed by atoms with Crippen LogP contribution in [-0.4, -0.2) is 24.8 Å². The Hall–Kier alpha value is -0.0800. The Morgan fingerprint density at radius 3 is 1.82 bits per heavy atom. The Labute approximate surface area is 71.0 Å². The molecule has 2 N–H and O–H groups in total. The molecule has 0 aromatic rings. The van der Waals surface area contributed by atoms with Crippen LogP contribution in [-0.2, 0) is 0 Å². The number of nitrogens with one attached hydrogen (secondary N) is 1. The van der Waals surface area contributed by atoms with Crippen molar-refractivity contribution >= 4 is 0 Å². The van der Waals surface area contributed by atoms with E-state index < -0.39 is 0 Å². The zero-order valence-electron chi connectivity index (χ0n) is 8.73. The number of hydrogen-bond acceptors (Lipinski definition) is 2. The summed E-state index contributed by atoms with van der Waals surface area (Å²) in [6.45, 7) is 10.7. The molecule has 0 saturated carbocycles. The van der Waals surface area contributed by atoms with Gasteiger partial charge in [0.05, 0.1) is 6.10 Å². The molecule has 0 rings (SSSR count). The zero-order valence-corrected chi connectivity index (χ0v) is 8.73. The fraction of sp³-hybridized carbons (Fsp3) is 1.00. The van der Waals surface area contributed by atoms with Crippen molar-refractivity contribution in [3.63, 3.8) is 0 Å². The van der Waals surface area contributed by atoms with E-state index in [4.69, 9.17) is 0 Å². The van der Waals surface area contributed by atoms with E-state index in [9.17, 15) is 5.11 Å². The molecule has 1 atom stereocenters. The van der Waals surface area contributed by atoms with E-state index in [1.54, 1.807) is 0 Å². The minimum atomic E-state index is -0.245. The van der Waals surface area contributed by atoms with Gasteiger partial charge in [-0.2, -0.15) is 0 Å². The summed E-state index contributed by atoms with van der Waals surface area (Å²) in [5, 5.41) is 12.2. The van der Waals surface area contributed by atoms with Crippen LogP contribution in [0.3, 0.4) is 0 Å². The molecule has 11 heavy (non-hydrogen) atoms. The lowest BCUT2D eigenvalue weighted by Crippen LogP contribution is -2.35. The molecule has 0 bridgehead atoms. The Morgan fingerprint density at radius 2 is 1.73 bits per heavy atom. The minimum absolute atomic E-state index is 0.00521. The van der Waals surface area contributed by atoms with Gasteiger partial charge in [0.25, 0.3) is 0 Å². The van der Waals surface area contributed by atoms with Crippen LogP contribution in [0.5, 0.6) is 0 Å². The van der Waals surface area contributed by atoms with E-state index in [0.29, 0.717) is 0 Å². The SMILES string of the molecule is CC.CNCC(C)(C)C(C)O. The third kappa shape index (κ3) is 6.32. The Kier molecular flexibility index (Phi) is 8.13. The summed E-state index contributed by atoms with van der Waals surface area (Å²) < 4.78 is 0. The van der Waals surface area contributed by atoms with E-state index >= 15 is 0 Å². The van der Waals surface area contributed by atoms with E-state index in [2.05, 4.69) is 5.32 Å². The quantitative estimate of drug-likeness (QED) is 0.659. The highest BCUT2D eigenvalue weighted by Gasteiger charge is 2.22. The van der Waals surface area contributed by atoms with Gasteiger partial charge in [-0.15, -0.1) is 0 Å². The summed E-state index contributed by atoms with van der Waals surface area (Å²) in [5.74, 6) is 0. The van der Waals surface area contributed by atoms with Crippen molar-refractivity contribution < 1.29 is 5.11 Å². The fourth-order valence-corrected chi connectivity index (χ4v) is 0.603. The first-order valence-corrected chi connectivity index (χ1v) is 4.33. The molecule has 0 aliphatic rings. The summed E-state index contributed by atoms with van der Waals surface area (Å²) in [5.41, 5.74) is -0.00521. The molecule has 2 heteroatoms. The third-order valence-corrected chi connectivity index (χ3v) is 1.76. The number of hydrogen-bond donors (Lipinski definition) is 2. The largest absolute Gasteiger partial charge is 0.393 e. The second-order valence-corrected chi connectivity index (χ2v) is 3.19. The van der Waals surface area contributed by atoms with Gasteiger partial charge in [-0.05, 0) is 14.0 Å². The molecule has 0 heterocycles. The molecule has 70 valence electrons. The molecule has 0 aliphatic heterocycles. The van der Waals surface area contributed by atoms with Crippen molar-refractivity contribution in [1.29, 1.82) is 0 Å². The Morgan fingerprint density at radius 1 is 1.36 bits per heavy atom. The van der Waals surface area contributed by atoms with Crippen molar-refractivity contribution in [2.75, 3.05) is 13.6 Å². The highest BCUT2D eigenvalue weighted by Crippen LogP contribution is 2.18. The summed E-state index contributed by atoms with van der Waals surface area (Å²) >= 11 is 0. The predicted molar refractivity (Wildman–Crippen MR) is 50.7 cm³/mol. The summed E-state index contributed by atoms with van der Waals surface area (Å²) in [6, 6.07) is 0. The normalized spacial score (nSPS) is 13.4. The first-order valence-electron chi connectivity index (χ1n) is 4.33. The molecule has 2 nitrogen and oxygen atoms in total. The Balaban J connectivity index is 0. The molecule has 0 fully saturated rings. The maximum absolute atomic E-state index is 9.17. The summed E-state index contributed by atoms with van der Waals surface area (Å²) in [6.07, 6.45) is -0.245. The lowest BCUT2D eigenvalue weighted by Gasteiger charge is -2.27. The number of aliphatic hydroxyl groups is 1. The maximum atomic E-state index is 9.17. The van der Waals surface area contributed by atoms with Crippen molar-refractivity contribution in [2.45, 2.75) is 40.7 Å². The van der Waals surface area contributed by atoms with Gasteiger partial charge in [-0.1, -0.05) is 27.7 Å². The maximum Gasteiger partial charge on any atom is 0.0575 e. The standard InChI is InChI=1S/C7H17NO.C2H6/c1-6(9)7(2,3)5-8-4;1-2/h6,8-9H,5H2,1-4H3;1-2H3. The van der Waals surface area contributed by atoms with Crippen molar-refractivity contribution in [2.24, 2.45) is 5.41 Å². The van der Waals surface area contributed by atoms with Crippen LogP contribution in [0.25, 0.3) is 0 Å². The van der Waals surface area contributed by atoms with Gasteiger partial charge in [0.15, 0.2) is 0 Å². The van der Waals surface area contributed by atoms with Gasteiger partial charge in [0.2, 0.25) is 0 Å². The first-order chi connectivity index (χ1) is 5.00. The van der Waals surface area contributed by atoms with Crippen LogP contribution in [0.2, 0.25) is 0 Å². The molecule has 0 aliphatic carbocycles. The van der Waals surface area contributed by atoms with Gasteiger partial charge in [0, 0.05) is 12.0 Å². The van der Waals surface area contributed by atoms with Gasteiger partial charge in [0.1, 0.15) is 0 Å². The third-order valence-electron chi connectivity index (χ3n) is 1.76. The van der Waals surface area contributed by atoms with Gasteiger partial charge in [-0.25, -0.2) is 0 Å². The van der Waals surface area contributed by atoms with Crippen molar-refractivity contribution in [3.8, 4) is 0 Å². The van der Waals surface area contributed by atoms with Gasteiger partial charge < -0.3 is 10.4 Å². The van der Waals surface area contributed by atoms with Crippen LogP contribution in [0.4, 0.5) is 0 Å². The Bertz CT molecular complexity index is 79.6. The monoisotopic (exact) mass is 161 g/mol. The van der Waals surface area contributed by atoms with E-state index in [1.807, 2.05) is 41.7 Å². The molecule has 0 radical (unpaired) electrons. The zero-order chi connectivity index (χ0) is 9.49. The van der Waals surface area contributed by atoms with Crippen LogP contribution < -0.4 is 5.32 Å². The first kappa shape index (κ1) is 13.5. The lowest BCUT2D eigenvalue weighted by atomic mass is 9.88. The van der Waals surface area contributed by atoms with E-state index in [1.165, 1.54) is 0 Å². The molecule has 0 aromatic heterocycles. The highest BCUT2D eigenvalue weighted by atomic mass is 16.3. The van der Waals surface area contributed by atoms with Crippen LogP contribution >= 0.6 is 0 Å². The van der Waals surface area contributed by atoms with Gasteiger partial charge in [-0.3, -0.25) is 0 Å². The predicted octanol–water partition coefficient (Wildman–Crippen LogP) is 1.64. The van der Waals surface area contributed by atoms with Gasteiger partial charge >= 0.3 is 0 Å². The number of aliphatic hydroxyl groups excluding tert-OH is 1. The smallest absolute Gasteiger partial charge is 0.0575 e. The molecular formula is C9H23NO. The highest BCUT2D eigenvalue weighted by molar-refractivity contribution is 4.75. The molecule has 1 unspecified atom stereocenters. The van der Waals surface area contributed by atoms with E-state index in [0.717, 1.165) is 6.54 Å². The molecular weight excluding hydrogens is 138 g/mol. The average molecular weight is 161 g/mol. The second-order valence-electron chi connectivity index (χ2n) is 3.19. The second kappa shape index (κ2) is 6.62. The fourth-order valence-electron chi connectivity index (χ4n) is 0.603. The minimum Gasteiger partial charge on any atom is -0.393 e. The van der Waals surface area contributed by atoms with Crippen molar-refractivity contribution in [1.82, 2.24) is 5.32 Å². The molecule has 0 aromatic carbocycles. The topological polar surface area (TPSA) is 32.3 Å². The van der Waals surface area contributed by atoms with Crippen LogP contribution in [0.1, 0.15) is 34.6 Å². The van der Waals surface area contributed by atoms with E-state index in [-0.39, 0.29) is 11.5 Å². The number of rotatable bonds is 3. The average Bonchev–Trinajstić information content (AvgIpc) is 1.92. The molecule has 0 saturated heterocycles. The lowest BCUT2D eigenvalue weighted by molar-refractivity contribution is 0.0675.